The van der Waals surface area contributed by atoms with E-state index in [0.29, 0.717) is 24.9 Å². The first-order chi connectivity index (χ1) is 14.6. The average molecular weight is 406 g/mol. The van der Waals surface area contributed by atoms with Gasteiger partial charge in [-0.15, -0.1) is 0 Å². The van der Waals surface area contributed by atoms with E-state index in [1.54, 1.807) is 0 Å². The van der Waals surface area contributed by atoms with Gasteiger partial charge in [-0.2, -0.15) is 5.26 Å². The van der Waals surface area contributed by atoms with Crippen LogP contribution in [0.2, 0.25) is 0 Å². The third kappa shape index (κ3) is 4.90. The molecule has 0 bridgehead atoms. The first-order valence-corrected chi connectivity index (χ1v) is 10.3. The van der Waals surface area contributed by atoms with E-state index in [2.05, 4.69) is 21.2 Å². The van der Waals surface area contributed by atoms with E-state index in [-0.39, 0.29) is 12.5 Å². The van der Waals surface area contributed by atoms with E-state index < -0.39 is 6.10 Å². The number of hydrogen-bond donors (Lipinski definition) is 2. The molecular weight excluding hydrogens is 380 g/mol. The highest BCUT2D eigenvalue weighted by molar-refractivity contribution is 5.94. The monoisotopic (exact) mass is 406 g/mol. The molecule has 2 heterocycles. The number of fused-ring (bicyclic) bond motifs is 1. The fraction of sp³-hybridized carbons (Fsp3) is 0.391. The minimum absolute atomic E-state index is 0.0471. The van der Waals surface area contributed by atoms with Crippen LogP contribution >= 0.6 is 0 Å². The Kier molecular flexibility index (Phi) is 6.17. The quantitative estimate of drug-likeness (QED) is 0.763. The Morgan fingerprint density at radius 2 is 1.87 bits per heavy atom. The summed E-state index contributed by atoms with van der Waals surface area (Å²) in [6.07, 6.45) is 0.639. The number of nitrogens with one attached hydrogen (secondary N) is 1. The number of anilines is 2. The first kappa shape index (κ1) is 20.2. The van der Waals surface area contributed by atoms with E-state index in [1.165, 1.54) is 0 Å². The van der Waals surface area contributed by atoms with Crippen LogP contribution in [0.4, 0.5) is 11.4 Å². The molecule has 0 aromatic heterocycles. The maximum atomic E-state index is 11.4. The van der Waals surface area contributed by atoms with E-state index in [1.807, 2.05) is 42.5 Å². The molecule has 1 saturated heterocycles. The lowest BCUT2D eigenvalue weighted by atomic mass is 10.0. The topological polar surface area (TPSA) is 88.8 Å². The van der Waals surface area contributed by atoms with Gasteiger partial charge in [-0.25, -0.2) is 0 Å². The fourth-order valence-electron chi connectivity index (χ4n) is 3.93. The van der Waals surface area contributed by atoms with Crippen molar-refractivity contribution in [2.75, 3.05) is 49.5 Å². The molecular formula is C23H26N4O3. The predicted molar refractivity (Wildman–Crippen MR) is 115 cm³/mol. The number of piperazine rings is 1. The van der Waals surface area contributed by atoms with Gasteiger partial charge < -0.3 is 20.1 Å². The van der Waals surface area contributed by atoms with Crippen LogP contribution in [-0.4, -0.2) is 61.3 Å². The molecule has 0 aliphatic carbocycles. The number of rotatable bonds is 6. The molecule has 2 aromatic carbocycles. The van der Waals surface area contributed by atoms with Crippen LogP contribution in [-0.2, 0) is 11.2 Å². The lowest BCUT2D eigenvalue weighted by molar-refractivity contribution is -0.116. The zero-order valence-electron chi connectivity index (χ0n) is 16.9. The van der Waals surface area contributed by atoms with Gasteiger partial charge in [0.2, 0.25) is 5.91 Å². The van der Waals surface area contributed by atoms with Crippen LogP contribution in [0.1, 0.15) is 17.5 Å². The van der Waals surface area contributed by atoms with Crippen molar-refractivity contribution in [2.24, 2.45) is 0 Å². The molecule has 0 radical (unpaired) electrons. The van der Waals surface area contributed by atoms with Crippen LogP contribution in [0.15, 0.2) is 42.5 Å². The molecule has 2 aliphatic rings. The molecule has 4 rings (SSSR count). The van der Waals surface area contributed by atoms with E-state index in [4.69, 9.17) is 10.00 Å². The number of carbonyl (C=O) groups excluding carboxylic acids is 1. The van der Waals surface area contributed by atoms with Gasteiger partial charge in [0.1, 0.15) is 18.5 Å². The Hall–Kier alpha value is -3.08. The molecule has 156 valence electrons. The lowest BCUT2D eigenvalue weighted by Crippen LogP contribution is -2.49. The maximum absolute atomic E-state index is 11.4. The van der Waals surface area contributed by atoms with Gasteiger partial charge >= 0.3 is 0 Å². The summed E-state index contributed by atoms with van der Waals surface area (Å²) in [7, 11) is 0. The predicted octanol–water partition coefficient (Wildman–Crippen LogP) is 2.00. The summed E-state index contributed by atoms with van der Waals surface area (Å²) < 4.78 is 5.79. The van der Waals surface area contributed by atoms with Gasteiger partial charge in [-0.05, 0) is 54.4 Å². The number of ether oxygens (including phenoxy) is 1. The number of carbonyl (C=O) groups is 1. The van der Waals surface area contributed by atoms with Crippen molar-refractivity contribution in [3.8, 4) is 11.8 Å². The van der Waals surface area contributed by atoms with E-state index in [9.17, 15) is 9.90 Å². The smallest absolute Gasteiger partial charge is 0.224 e. The molecule has 1 fully saturated rings. The molecule has 1 amide bonds. The second kappa shape index (κ2) is 9.16. The lowest BCUT2D eigenvalue weighted by Gasteiger charge is -2.36. The van der Waals surface area contributed by atoms with Gasteiger partial charge in [0.15, 0.2) is 0 Å². The minimum Gasteiger partial charge on any atom is -0.491 e. The van der Waals surface area contributed by atoms with Crippen LogP contribution < -0.4 is 15.0 Å². The molecule has 1 unspecified atom stereocenters. The number of β-amino-alcohol motifs (C(OH)–C–C–N with tert-alkyl or cyclic N) is 1. The highest BCUT2D eigenvalue weighted by Gasteiger charge is 2.20. The standard InChI is InChI=1S/C23H26N4O3/c24-14-17-1-4-19(5-2-17)27-11-9-26(10-12-27)15-20(28)16-30-21-6-7-22-18(13-21)3-8-23(29)25-22/h1-2,4-7,13,20,28H,3,8-12,15-16H2,(H,25,29). The van der Waals surface area contributed by atoms with Gasteiger partial charge in [-0.1, -0.05) is 0 Å². The first-order valence-electron chi connectivity index (χ1n) is 10.3. The minimum atomic E-state index is -0.567. The molecule has 30 heavy (non-hydrogen) atoms. The van der Waals surface area contributed by atoms with Crippen molar-refractivity contribution in [3.05, 3.63) is 53.6 Å². The summed E-state index contributed by atoms with van der Waals surface area (Å²) in [5.41, 5.74) is 3.71. The third-order valence-electron chi connectivity index (χ3n) is 5.62. The second-order valence-corrected chi connectivity index (χ2v) is 7.78. The van der Waals surface area contributed by atoms with E-state index in [0.717, 1.165) is 48.9 Å². The SMILES string of the molecule is N#Cc1ccc(N2CCN(CC(O)COc3ccc4c(c3)CCC(=O)N4)CC2)cc1. The Labute approximate surface area is 176 Å². The number of aliphatic hydroxyl groups excluding tert-OH is 1. The Balaban J connectivity index is 1.22. The molecule has 1 atom stereocenters. The summed E-state index contributed by atoms with van der Waals surface area (Å²) in [4.78, 5) is 16.0. The number of aliphatic hydroxyl groups is 1. The molecule has 2 aromatic rings. The van der Waals surface area contributed by atoms with Crippen molar-refractivity contribution in [3.63, 3.8) is 0 Å². The van der Waals surface area contributed by atoms with Crippen LogP contribution in [0.25, 0.3) is 0 Å². The molecule has 2 aliphatic heterocycles. The molecule has 2 N–H and O–H groups in total. The maximum Gasteiger partial charge on any atom is 0.224 e. The van der Waals surface area contributed by atoms with Gasteiger partial charge in [-0.3, -0.25) is 9.69 Å². The van der Waals surface area contributed by atoms with Crippen LogP contribution in [0.5, 0.6) is 5.75 Å². The number of nitriles is 1. The van der Waals surface area contributed by atoms with Crippen LogP contribution in [0, 0.1) is 11.3 Å². The molecule has 7 heteroatoms. The fourth-order valence-corrected chi connectivity index (χ4v) is 3.93. The number of amides is 1. The van der Waals surface area contributed by atoms with Gasteiger partial charge in [0.05, 0.1) is 11.6 Å². The zero-order chi connectivity index (χ0) is 20.9. The largest absolute Gasteiger partial charge is 0.491 e. The Morgan fingerprint density at radius 1 is 1.10 bits per heavy atom. The molecule has 0 spiro atoms. The highest BCUT2D eigenvalue weighted by atomic mass is 16.5. The average Bonchev–Trinajstić information content (AvgIpc) is 2.78. The Bertz CT molecular complexity index is 930. The molecule has 0 saturated carbocycles. The van der Waals surface area contributed by atoms with Crippen molar-refractivity contribution in [2.45, 2.75) is 18.9 Å². The number of nitrogens with zero attached hydrogens (tertiary/aromatic N) is 3. The van der Waals surface area contributed by atoms with E-state index >= 15 is 0 Å². The zero-order valence-corrected chi connectivity index (χ0v) is 16.9. The van der Waals surface area contributed by atoms with Crippen molar-refractivity contribution < 1.29 is 14.6 Å². The normalized spacial score (nSPS) is 17.6. The summed E-state index contributed by atoms with van der Waals surface area (Å²) >= 11 is 0. The molecule has 7 nitrogen and oxygen atoms in total. The van der Waals surface area contributed by atoms with Crippen molar-refractivity contribution in [1.29, 1.82) is 5.26 Å². The van der Waals surface area contributed by atoms with Crippen molar-refractivity contribution in [1.82, 2.24) is 4.90 Å². The van der Waals surface area contributed by atoms with Gasteiger partial charge in [0, 0.05) is 50.5 Å². The van der Waals surface area contributed by atoms with Crippen LogP contribution in [0.3, 0.4) is 0 Å². The highest BCUT2D eigenvalue weighted by Crippen LogP contribution is 2.27. The summed E-state index contributed by atoms with van der Waals surface area (Å²) in [6, 6.07) is 15.4. The second-order valence-electron chi connectivity index (χ2n) is 7.78. The summed E-state index contributed by atoms with van der Waals surface area (Å²) in [5, 5.41) is 22.2. The third-order valence-corrected chi connectivity index (χ3v) is 5.62. The van der Waals surface area contributed by atoms with Crippen molar-refractivity contribution >= 4 is 17.3 Å². The number of hydrogen-bond acceptors (Lipinski definition) is 6. The summed E-state index contributed by atoms with van der Waals surface area (Å²) in [6.45, 7) is 4.32. The number of aryl methyl sites for hydroxylation is 1. The summed E-state index contributed by atoms with van der Waals surface area (Å²) in [5.74, 6) is 0.764. The van der Waals surface area contributed by atoms with Gasteiger partial charge in [0.25, 0.3) is 0 Å². The number of benzene rings is 2. The Morgan fingerprint density at radius 3 is 2.60 bits per heavy atom.